The summed E-state index contributed by atoms with van der Waals surface area (Å²) in [5.74, 6) is 0.225. The molecule has 2 N–H and O–H groups in total. The summed E-state index contributed by atoms with van der Waals surface area (Å²) >= 11 is 1.23. The van der Waals surface area contributed by atoms with Crippen LogP contribution in [0.2, 0.25) is 0 Å². The van der Waals surface area contributed by atoms with Gasteiger partial charge in [0, 0.05) is 12.7 Å². The van der Waals surface area contributed by atoms with E-state index in [0.29, 0.717) is 16.0 Å². The minimum atomic E-state index is -0.292. The van der Waals surface area contributed by atoms with E-state index in [2.05, 4.69) is 32.7 Å². The highest BCUT2D eigenvalue weighted by Crippen LogP contribution is 2.16. The van der Waals surface area contributed by atoms with Gasteiger partial charge in [-0.1, -0.05) is 18.3 Å². The monoisotopic (exact) mass is 277 g/mol. The Hall–Kier alpha value is -2.02. The highest BCUT2D eigenvalue weighted by molar-refractivity contribution is 7.17. The second kappa shape index (κ2) is 6.24. The first-order valence-electron chi connectivity index (χ1n) is 6.00. The van der Waals surface area contributed by atoms with E-state index in [1.807, 2.05) is 13.0 Å². The van der Waals surface area contributed by atoms with Crippen LogP contribution in [0.25, 0.3) is 0 Å². The van der Waals surface area contributed by atoms with Gasteiger partial charge >= 0.3 is 0 Å². The molecule has 0 fully saturated rings. The van der Waals surface area contributed by atoms with Crippen molar-refractivity contribution in [1.82, 2.24) is 15.2 Å². The summed E-state index contributed by atoms with van der Waals surface area (Å²) in [6.07, 6.45) is 2.65. The molecule has 2 heterocycles. The average molecular weight is 277 g/mol. The quantitative estimate of drug-likeness (QED) is 0.876. The topological polar surface area (TPSA) is 79.8 Å². The number of nitrogens with zero attached hydrogens (tertiary/aromatic N) is 3. The molecule has 0 aliphatic carbocycles. The number of nitrogens with one attached hydrogen (secondary N) is 2. The van der Waals surface area contributed by atoms with Crippen LogP contribution in [-0.4, -0.2) is 27.6 Å². The number of aryl methyl sites for hydroxylation is 1. The van der Waals surface area contributed by atoms with E-state index in [0.717, 1.165) is 18.5 Å². The first-order valence-corrected chi connectivity index (χ1v) is 6.82. The molecule has 1 amide bonds. The Bertz CT molecular complexity index is 569. The number of amides is 1. The highest BCUT2D eigenvalue weighted by Gasteiger charge is 2.13. The molecule has 100 valence electrons. The van der Waals surface area contributed by atoms with Crippen molar-refractivity contribution in [1.29, 1.82) is 0 Å². The zero-order valence-corrected chi connectivity index (χ0v) is 11.6. The van der Waals surface area contributed by atoms with Crippen molar-refractivity contribution < 1.29 is 4.79 Å². The van der Waals surface area contributed by atoms with Crippen LogP contribution in [0, 0.1) is 6.92 Å². The maximum absolute atomic E-state index is 11.9. The molecule has 0 unspecified atom stereocenters. The van der Waals surface area contributed by atoms with Gasteiger partial charge in [0.1, 0.15) is 5.82 Å². The van der Waals surface area contributed by atoms with Crippen LogP contribution >= 0.6 is 11.3 Å². The molecule has 2 rings (SSSR count). The lowest BCUT2D eigenvalue weighted by Gasteiger charge is -2.01. The number of anilines is 2. The van der Waals surface area contributed by atoms with Gasteiger partial charge in [0.25, 0.3) is 5.91 Å². The molecule has 19 heavy (non-hydrogen) atoms. The van der Waals surface area contributed by atoms with E-state index < -0.39 is 0 Å². The van der Waals surface area contributed by atoms with Crippen molar-refractivity contribution >= 4 is 28.2 Å². The van der Waals surface area contributed by atoms with Crippen LogP contribution in [0.5, 0.6) is 0 Å². The largest absolute Gasteiger partial charge is 0.360 e. The summed E-state index contributed by atoms with van der Waals surface area (Å²) in [5, 5.41) is 14.5. The standard InChI is InChI=1S/C12H15N5OS/c1-3-5-14-12-17-16-11(19-12)10(18)15-9-7-8(2)4-6-13-9/h4,6-7H,3,5H2,1-2H3,(H,14,17)(H,13,15,18). The molecule has 0 bridgehead atoms. The summed E-state index contributed by atoms with van der Waals surface area (Å²) in [7, 11) is 0. The zero-order chi connectivity index (χ0) is 13.7. The second-order valence-electron chi connectivity index (χ2n) is 4.01. The third-order valence-corrected chi connectivity index (χ3v) is 3.18. The molecule has 0 atom stereocenters. The minimum Gasteiger partial charge on any atom is -0.360 e. The summed E-state index contributed by atoms with van der Waals surface area (Å²) in [5.41, 5.74) is 1.04. The Morgan fingerprint density at radius 1 is 1.42 bits per heavy atom. The van der Waals surface area contributed by atoms with Crippen molar-refractivity contribution in [3.8, 4) is 0 Å². The molecule has 6 nitrogen and oxygen atoms in total. The van der Waals surface area contributed by atoms with Crippen molar-refractivity contribution in [3.05, 3.63) is 28.9 Å². The molecule has 7 heteroatoms. The fourth-order valence-electron chi connectivity index (χ4n) is 1.39. The van der Waals surface area contributed by atoms with Crippen molar-refractivity contribution in [2.75, 3.05) is 17.2 Å². The number of hydrogen-bond acceptors (Lipinski definition) is 6. The first-order chi connectivity index (χ1) is 9.19. The second-order valence-corrected chi connectivity index (χ2v) is 4.99. The van der Waals surface area contributed by atoms with Crippen LogP contribution in [0.1, 0.15) is 28.7 Å². The molecule has 0 saturated carbocycles. The summed E-state index contributed by atoms with van der Waals surface area (Å²) in [6.45, 7) is 4.82. The summed E-state index contributed by atoms with van der Waals surface area (Å²) in [4.78, 5) is 16.0. The lowest BCUT2D eigenvalue weighted by atomic mass is 10.3. The number of pyridine rings is 1. The minimum absolute atomic E-state index is 0.292. The van der Waals surface area contributed by atoms with Crippen molar-refractivity contribution in [3.63, 3.8) is 0 Å². The molecule has 0 radical (unpaired) electrons. The van der Waals surface area contributed by atoms with E-state index in [1.54, 1.807) is 12.3 Å². The normalized spacial score (nSPS) is 10.2. The van der Waals surface area contributed by atoms with Crippen LogP contribution in [0.3, 0.4) is 0 Å². The Morgan fingerprint density at radius 2 is 2.26 bits per heavy atom. The van der Waals surface area contributed by atoms with Gasteiger partial charge in [-0.3, -0.25) is 4.79 Å². The van der Waals surface area contributed by atoms with Crippen LogP contribution in [-0.2, 0) is 0 Å². The molecule has 0 saturated heterocycles. The van der Waals surface area contributed by atoms with Gasteiger partial charge in [-0.05, 0) is 31.0 Å². The molecule has 0 aliphatic rings. The van der Waals surface area contributed by atoms with Crippen molar-refractivity contribution in [2.45, 2.75) is 20.3 Å². The maximum Gasteiger partial charge on any atom is 0.287 e. The molecule has 2 aromatic heterocycles. The summed E-state index contributed by atoms with van der Waals surface area (Å²) in [6, 6.07) is 3.67. The predicted octanol–water partition coefficient (Wildman–Crippen LogP) is 2.32. The number of rotatable bonds is 5. The Balaban J connectivity index is 2.01. The fraction of sp³-hybridized carbons (Fsp3) is 0.333. The van der Waals surface area contributed by atoms with Gasteiger partial charge < -0.3 is 10.6 Å². The predicted molar refractivity (Wildman–Crippen MR) is 75.6 cm³/mol. The van der Waals surface area contributed by atoms with E-state index in [1.165, 1.54) is 11.3 Å². The Labute approximate surface area is 115 Å². The van der Waals surface area contributed by atoms with Crippen LogP contribution in [0.15, 0.2) is 18.3 Å². The molecule has 0 spiro atoms. The van der Waals surface area contributed by atoms with E-state index in [4.69, 9.17) is 0 Å². The fourth-order valence-corrected chi connectivity index (χ4v) is 2.06. The number of hydrogen-bond donors (Lipinski definition) is 2. The third kappa shape index (κ3) is 3.72. The number of carbonyl (C=O) groups is 1. The van der Waals surface area contributed by atoms with Gasteiger partial charge in [0.2, 0.25) is 10.1 Å². The van der Waals surface area contributed by atoms with E-state index in [9.17, 15) is 4.79 Å². The molecular formula is C12H15N5OS. The maximum atomic E-state index is 11.9. The number of carbonyl (C=O) groups excluding carboxylic acids is 1. The van der Waals surface area contributed by atoms with Gasteiger partial charge in [0.15, 0.2) is 0 Å². The van der Waals surface area contributed by atoms with Crippen molar-refractivity contribution in [2.24, 2.45) is 0 Å². The van der Waals surface area contributed by atoms with Crippen LogP contribution < -0.4 is 10.6 Å². The van der Waals surface area contributed by atoms with Gasteiger partial charge in [-0.15, -0.1) is 10.2 Å². The van der Waals surface area contributed by atoms with E-state index >= 15 is 0 Å². The Morgan fingerprint density at radius 3 is 3.00 bits per heavy atom. The summed E-state index contributed by atoms with van der Waals surface area (Å²) < 4.78 is 0. The molecule has 2 aromatic rings. The van der Waals surface area contributed by atoms with Gasteiger partial charge in [-0.2, -0.15) is 0 Å². The van der Waals surface area contributed by atoms with Crippen LogP contribution in [0.4, 0.5) is 10.9 Å². The van der Waals surface area contributed by atoms with E-state index in [-0.39, 0.29) is 5.91 Å². The molecule has 0 aromatic carbocycles. The average Bonchev–Trinajstić information content (AvgIpc) is 2.85. The molecular weight excluding hydrogens is 262 g/mol. The SMILES string of the molecule is CCCNc1nnc(C(=O)Nc2cc(C)ccn2)s1. The zero-order valence-electron chi connectivity index (χ0n) is 10.8. The number of aromatic nitrogens is 3. The van der Waals surface area contributed by atoms with Gasteiger partial charge in [0.05, 0.1) is 0 Å². The Kier molecular flexibility index (Phi) is 4.40. The first kappa shape index (κ1) is 13.4. The third-order valence-electron chi connectivity index (χ3n) is 2.30. The highest BCUT2D eigenvalue weighted by atomic mass is 32.1. The molecule has 0 aliphatic heterocycles. The smallest absolute Gasteiger partial charge is 0.287 e. The lowest BCUT2D eigenvalue weighted by molar-refractivity contribution is 0.102. The van der Waals surface area contributed by atoms with Gasteiger partial charge in [-0.25, -0.2) is 4.98 Å². The lowest BCUT2D eigenvalue weighted by Crippen LogP contribution is -2.12.